The Labute approximate surface area is 181 Å². The van der Waals surface area contributed by atoms with Gasteiger partial charge in [0.05, 0.1) is 22.9 Å². The molecule has 4 rings (SSSR count). The molecule has 156 valence electrons. The van der Waals surface area contributed by atoms with Crippen molar-refractivity contribution in [2.75, 3.05) is 12.4 Å². The molecule has 0 aliphatic rings. The zero-order valence-corrected chi connectivity index (χ0v) is 17.7. The van der Waals surface area contributed by atoms with Gasteiger partial charge in [-0.25, -0.2) is 9.97 Å². The Balaban J connectivity index is 1.87. The van der Waals surface area contributed by atoms with Crippen LogP contribution in [0.2, 0.25) is 0 Å². The van der Waals surface area contributed by atoms with Crippen molar-refractivity contribution in [1.82, 2.24) is 15.3 Å². The molecule has 6 nitrogen and oxygen atoms in total. The molecule has 2 N–H and O–H groups in total. The van der Waals surface area contributed by atoms with E-state index >= 15 is 0 Å². The van der Waals surface area contributed by atoms with Crippen LogP contribution in [-0.2, 0) is 0 Å². The number of amides is 1. The van der Waals surface area contributed by atoms with Crippen LogP contribution < -0.4 is 15.4 Å². The monoisotopic (exact) mass is 412 g/mol. The van der Waals surface area contributed by atoms with E-state index in [-0.39, 0.29) is 12.0 Å². The average Bonchev–Trinajstić information content (AvgIpc) is 2.79. The molecule has 1 heterocycles. The molecule has 0 aliphatic heterocycles. The Kier molecular flexibility index (Phi) is 5.80. The smallest absolute Gasteiger partial charge is 0.253 e. The summed E-state index contributed by atoms with van der Waals surface area (Å²) in [6.07, 6.45) is 0.0485. The molecule has 0 saturated heterocycles. The lowest BCUT2D eigenvalue weighted by atomic mass is 10.1. The van der Waals surface area contributed by atoms with E-state index in [2.05, 4.69) is 10.6 Å². The van der Waals surface area contributed by atoms with Crippen LogP contribution in [-0.4, -0.2) is 29.0 Å². The number of anilines is 2. The van der Waals surface area contributed by atoms with Crippen molar-refractivity contribution >= 4 is 28.3 Å². The van der Waals surface area contributed by atoms with Gasteiger partial charge in [-0.1, -0.05) is 42.5 Å². The maximum atomic E-state index is 12.3. The summed E-state index contributed by atoms with van der Waals surface area (Å²) in [7, 11) is 1.61. The Bertz CT molecular complexity index is 1220. The number of hydrogen-bond donors (Lipinski definition) is 2. The molecule has 0 atom stereocenters. The minimum absolute atomic E-state index is 0.0485. The van der Waals surface area contributed by atoms with Gasteiger partial charge >= 0.3 is 0 Å². The largest absolute Gasteiger partial charge is 0.491 e. The van der Waals surface area contributed by atoms with Crippen molar-refractivity contribution in [3.8, 4) is 17.1 Å². The number of para-hydroxylation sites is 1. The second-order valence-corrected chi connectivity index (χ2v) is 7.36. The molecule has 0 unspecified atom stereocenters. The van der Waals surface area contributed by atoms with Crippen LogP contribution >= 0.6 is 0 Å². The van der Waals surface area contributed by atoms with E-state index in [1.165, 1.54) is 0 Å². The van der Waals surface area contributed by atoms with Crippen LogP contribution in [0.4, 0.5) is 11.5 Å². The molecule has 1 amide bonds. The van der Waals surface area contributed by atoms with Crippen molar-refractivity contribution in [3.63, 3.8) is 0 Å². The molecular weight excluding hydrogens is 388 g/mol. The maximum Gasteiger partial charge on any atom is 0.253 e. The highest BCUT2D eigenvalue weighted by Crippen LogP contribution is 2.31. The first kappa shape index (κ1) is 20.3. The normalized spacial score (nSPS) is 10.8. The topological polar surface area (TPSA) is 76.1 Å². The molecule has 0 radical (unpaired) electrons. The zero-order chi connectivity index (χ0) is 21.8. The van der Waals surface area contributed by atoms with Crippen molar-refractivity contribution in [2.45, 2.75) is 20.0 Å². The van der Waals surface area contributed by atoms with Crippen LogP contribution in [0.15, 0.2) is 72.8 Å². The first-order valence-electron chi connectivity index (χ1n) is 10.2. The van der Waals surface area contributed by atoms with Gasteiger partial charge in [-0.05, 0) is 44.2 Å². The summed E-state index contributed by atoms with van der Waals surface area (Å²) in [4.78, 5) is 21.9. The minimum Gasteiger partial charge on any atom is -0.491 e. The summed E-state index contributed by atoms with van der Waals surface area (Å²) in [5.74, 6) is 1.77. The number of hydrogen-bond acceptors (Lipinski definition) is 5. The van der Waals surface area contributed by atoms with E-state index in [0.717, 1.165) is 22.2 Å². The summed E-state index contributed by atoms with van der Waals surface area (Å²) >= 11 is 0. The highest BCUT2D eigenvalue weighted by atomic mass is 16.5. The Morgan fingerprint density at radius 3 is 2.42 bits per heavy atom. The van der Waals surface area contributed by atoms with Gasteiger partial charge in [0, 0.05) is 18.0 Å². The average molecular weight is 412 g/mol. The number of carbonyl (C=O) groups is 1. The van der Waals surface area contributed by atoms with Crippen molar-refractivity contribution in [1.29, 1.82) is 0 Å². The Morgan fingerprint density at radius 1 is 0.935 bits per heavy atom. The summed E-state index contributed by atoms with van der Waals surface area (Å²) in [5.41, 5.74) is 2.89. The fraction of sp³-hybridized carbons (Fsp3) is 0.160. The fourth-order valence-electron chi connectivity index (χ4n) is 3.32. The van der Waals surface area contributed by atoms with Crippen molar-refractivity contribution in [3.05, 3.63) is 78.4 Å². The molecule has 0 spiro atoms. The van der Waals surface area contributed by atoms with Crippen LogP contribution in [0, 0.1) is 0 Å². The molecule has 6 heteroatoms. The van der Waals surface area contributed by atoms with Gasteiger partial charge in [-0.15, -0.1) is 0 Å². The van der Waals surface area contributed by atoms with Gasteiger partial charge in [0.1, 0.15) is 11.6 Å². The van der Waals surface area contributed by atoms with Crippen LogP contribution in [0.5, 0.6) is 5.75 Å². The predicted octanol–water partition coefficient (Wildman–Crippen LogP) is 5.19. The van der Waals surface area contributed by atoms with Crippen molar-refractivity contribution in [2.24, 2.45) is 0 Å². The number of aromatic nitrogens is 2. The third-order valence-electron chi connectivity index (χ3n) is 4.72. The summed E-state index contributed by atoms with van der Waals surface area (Å²) < 4.78 is 5.87. The maximum absolute atomic E-state index is 12.3. The van der Waals surface area contributed by atoms with Crippen LogP contribution in [0.3, 0.4) is 0 Å². The molecule has 0 aliphatic carbocycles. The molecule has 1 aromatic heterocycles. The van der Waals surface area contributed by atoms with Gasteiger partial charge in [0.2, 0.25) is 0 Å². The van der Waals surface area contributed by atoms with Gasteiger partial charge in [0.25, 0.3) is 5.91 Å². The van der Waals surface area contributed by atoms with Crippen LogP contribution in [0.25, 0.3) is 22.3 Å². The quantitative estimate of drug-likeness (QED) is 0.456. The van der Waals surface area contributed by atoms with E-state index in [1.54, 1.807) is 13.1 Å². The van der Waals surface area contributed by atoms with Crippen molar-refractivity contribution < 1.29 is 9.53 Å². The third kappa shape index (κ3) is 4.48. The number of rotatable bonds is 6. The van der Waals surface area contributed by atoms with E-state index in [9.17, 15) is 4.79 Å². The standard InChI is InChI=1S/C25H24N4O2/c1-16(2)31-18-13-14-22-20(15-18)24(29-23(27-22)17-9-5-4-6-10-17)28-21-12-8-7-11-19(21)25(30)26-3/h4-16H,1-3H3,(H,26,30)(H,27,28,29). The van der Waals surface area contributed by atoms with Gasteiger partial charge < -0.3 is 15.4 Å². The molecule has 0 bridgehead atoms. The number of benzene rings is 3. The van der Waals surface area contributed by atoms with E-state index < -0.39 is 0 Å². The molecule has 4 aromatic rings. The zero-order valence-electron chi connectivity index (χ0n) is 17.7. The molecular formula is C25H24N4O2. The number of nitrogens with zero attached hydrogens (tertiary/aromatic N) is 2. The first-order chi connectivity index (χ1) is 15.0. The van der Waals surface area contributed by atoms with Gasteiger partial charge in [-0.2, -0.15) is 0 Å². The minimum atomic E-state index is -0.173. The second kappa shape index (κ2) is 8.83. The summed E-state index contributed by atoms with van der Waals surface area (Å²) in [5, 5.41) is 6.84. The number of fused-ring (bicyclic) bond motifs is 1. The lowest BCUT2D eigenvalue weighted by molar-refractivity contribution is 0.0964. The molecule has 0 saturated carbocycles. The first-order valence-corrected chi connectivity index (χ1v) is 10.2. The number of carbonyl (C=O) groups excluding carboxylic acids is 1. The summed E-state index contributed by atoms with van der Waals surface area (Å²) in [6, 6.07) is 22.9. The van der Waals surface area contributed by atoms with E-state index in [4.69, 9.17) is 14.7 Å². The van der Waals surface area contributed by atoms with Crippen LogP contribution in [0.1, 0.15) is 24.2 Å². The Hall–Kier alpha value is -3.93. The second-order valence-electron chi connectivity index (χ2n) is 7.36. The molecule has 0 fully saturated rings. The number of ether oxygens (including phenoxy) is 1. The lowest BCUT2D eigenvalue weighted by Gasteiger charge is -2.15. The fourth-order valence-corrected chi connectivity index (χ4v) is 3.32. The predicted molar refractivity (Wildman–Crippen MR) is 124 cm³/mol. The van der Waals surface area contributed by atoms with E-state index in [1.807, 2.05) is 80.6 Å². The van der Waals surface area contributed by atoms with Gasteiger partial charge in [0.15, 0.2) is 5.82 Å². The highest BCUT2D eigenvalue weighted by Gasteiger charge is 2.15. The highest BCUT2D eigenvalue weighted by molar-refractivity contribution is 6.01. The summed E-state index contributed by atoms with van der Waals surface area (Å²) in [6.45, 7) is 3.97. The van der Waals surface area contributed by atoms with Gasteiger partial charge in [-0.3, -0.25) is 4.79 Å². The lowest BCUT2D eigenvalue weighted by Crippen LogP contribution is -2.19. The third-order valence-corrected chi connectivity index (χ3v) is 4.72. The van der Waals surface area contributed by atoms with E-state index in [0.29, 0.717) is 22.9 Å². The number of nitrogens with one attached hydrogen (secondary N) is 2. The SMILES string of the molecule is CNC(=O)c1ccccc1Nc1nc(-c2ccccc2)nc2ccc(OC(C)C)cc12. The molecule has 3 aromatic carbocycles. The molecule has 31 heavy (non-hydrogen) atoms. The Morgan fingerprint density at radius 2 is 1.68 bits per heavy atom.